The van der Waals surface area contributed by atoms with E-state index in [1.807, 2.05) is 40.1 Å². The topological polar surface area (TPSA) is 63.1 Å². The highest BCUT2D eigenvalue weighted by molar-refractivity contribution is 7.98. The Labute approximate surface area is 160 Å². The summed E-state index contributed by atoms with van der Waals surface area (Å²) in [6.07, 6.45) is 3.59. The first-order valence-corrected chi connectivity index (χ1v) is 10.1. The van der Waals surface area contributed by atoms with Crippen LogP contribution in [0.5, 0.6) is 0 Å². The third kappa shape index (κ3) is 3.75. The lowest BCUT2D eigenvalue weighted by Crippen LogP contribution is -2.41. The molecule has 1 aliphatic rings. The summed E-state index contributed by atoms with van der Waals surface area (Å²) in [7, 11) is 0. The van der Waals surface area contributed by atoms with Crippen molar-refractivity contribution in [3.05, 3.63) is 48.3 Å². The van der Waals surface area contributed by atoms with E-state index < -0.39 is 0 Å². The van der Waals surface area contributed by atoms with Gasteiger partial charge in [0.05, 0.1) is 11.6 Å². The lowest BCUT2D eigenvalue weighted by molar-refractivity contribution is 0.181. The second kappa shape index (κ2) is 7.56. The van der Waals surface area contributed by atoms with Crippen molar-refractivity contribution in [1.29, 1.82) is 0 Å². The van der Waals surface area contributed by atoms with Crippen LogP contribution in [0.15, 0.2) is 47.4 Å². The number of aromatic nitrogens is 3. The van der Waals surface area contributed by atoms with E-state index >= 15 is 0 Å². The molecule has 0 spiro atoms. The Balaban J connectivity index is 1.38. The molecule has 1 saturated heterocycles. The third-order valence-corrected chi connectivity index (χ3v) is 5.62. The van der Waals surface area contributed by atoms with Crippen molar-refractivity contribution in [3.8, 4) is 0 Å². The van der Waals surface area contributed by atoms with E-state index in [1.54, 1.807) is 17.8 Å². The van der Waals surface area contributed by atoms with E-state index in [2.05, 4.69) is 15.6 Å². The highest BCUT2D eigenvalue weighted by atomic mass is 32.2. The molecule has 0 atom stereocenters. The maximum Gasteiger partial charge on any atom is 0.321 e. The summed E-state index contributed by atoms with van der Waals surface area (Å²) >= 11 is 1.67. The van der Waals surface area contributed by atoms with Crippen molar-refractivity contribution in [1.82, 2.24) is 19.9 Å². The number of benzene rings is 2. The third-order valence-electron chi connectivity index (χ3n) is 4.87. The molecule has 6 nitrogen and oxygen atoms in total. The number of amides is 2. The van der Waals surface area contributed by atoms with Crippen molar-refractivity contribution in [2.45, 2.75) is 23.8 Å². The van der Waals surface area contributed by atoms with E-state index in [-0.39, 0.29) is 17.9 Å². The summed E-state index contributed by atoms with van der Waals surface area (Å²) in [5, 5.41) is 11.2. The Hall–Kier alpha value is -2.61. The van der Waals surface area contributed by atoms with Crippen molar-refractivity contribution < 1.29 is 9.18 Å². The van der Waals surface area contributed by atoms with Crippen LogP contribution in [0.4, 0.5) is 14.9 Å². The fourth-order valence-electron chi connectivity index (χ4n) is 3.38. The summed E-state index contributed by atoms with van der Waals surface area (Å²) < 4.78 is 15.2. The zero-order chi connectivity index (χ0) is 18.8. The van der Waals surface area contributed by atoms with Crippen LogP contribution in [0.2, 0.25) is 0 Å². The first kappa shape index (κ1) is 17.8. The Kier molecular flexibility index (Phi) is 4.98. The Morgan fingerprint density at radius 3 is 2.63 bits per heavy atom. The Morgan fingerprint density at radius 1 is 1.19 bits per heavy atom. The second-order valence-corrected chi connectivity index (χ2v) is 7.42. The van der Waals surface area contributed by atoms with Gasteiger partial charge in [0.25, 0.3) is 0 Å². The molecule has 3 aromatic rings. The maximum atomic E-state index is 13.3. The van der Waals surface area contributed by atoms with Gasteiger partial charge in [-0.3, -0.25) is 0 Å². The van der Waals surface area contributed by atoms with Crippen LogP contribution in [-0.2, 0) is 0 Å². The number of carbonyl (C=O) groups is 1. The van der Waals surface area contributed by atoms with Gasteiger partial charge in [-0.15, -0.1) is 16.9 Å². The average Bonchev–Trinajstić information content (AvgIpc) is 3.11. The largest absolute Gasteiger partial charge is 0.324 e. The van der Waals surface area contributed by atoms with Crippen LogP contribution < -0.4 is 5.32 Å². The van der Waals surface area contributed by atoms with E-state index in [1.165, 1.54) is 12.1 Å². The van der Waals surface area contributed by atoms with Gasteiger partial charge in [0.15, 0.2) is 0 Å². The normalized spacial score (nSPS) is 15.3. The fourth-order valence-corrected chi connectivity index (χ4v) is 3.78. The standard InChI is InChI=1S/C19H20FN5OS/c1-27-16-5-3-14(4-6-16)21-19(26)24-10-8-15(9-11-24)25-18-7-2-13(20)12-17(18)22-23-25/h2-7,12,15H,8-11H2,1H3,(H,21,26). The molecular formula is C19H20FN5OS. The SMILES string of the molecule is CSc1ccc(NC(=O)N2CCC(n3nnc4cc(F)ccc43)CC2)cc1. The fraction of sp³-hybridized carbons (Fsp3) is 0.316. The second-order valence-electron chi connectivity index (χ2n) is 6.54. The number of halogens is 1. The maximum absolute atomic E-state index is 13.3. The summed E-state index contributed by atoms with van der Waals surface area (Å²) in [6, 6.07) is 12.4. The molecule has 1 fully saturated rings. The molecule has 1 N–H and O–H groups in total. The summed E-state index contributed by atoms with van der Waals surface area (Å²) in [6.45, 7) is 1.28. The number of hydrogen-bond donors (Lipinski definition) is 1. The number of likely N-dealkylation sites (tertiary alicyclic amines) is 1. The molecule has 2 amide bonds. The lowest BCUT2D eigenvalue weighted by atomic mass is 10.1. The number of thioether (sulfide) groups is 1. The highest BCUT2D eigenvalue weighted by Crippen LogP contribution is 2.26. The monoisotopic (exact) mass is 385 g/mol. The predicted octanol–water partition coefficient (Wildman–Crippen LogP) is 4.16. The first-order chi connectivity index (χ1) is 13.1. The molecule has 1 aliphatic heterocycles. The molecule has 0 aliphatic carbocycles. The molecule has 2 heterocycles. The van der Waals surface area contributed by atoms with Gasteiger partial charge in [-0.1, -0.05) is 5.21 Å². The predicted molar refractivity (Wildman–Crippen MR) is 105 cm³/mol. The molecule has 0 bridgehead atoms. The number of fused-ring (bicyclic) bond motifs is 1. The molecule has 0 unspecified atom stereocenters. The molecule has 8 heteroatoms. The zero-order valence-corrected chi connectivity index (χ0v) is 15.7. The van der Waals surface area contributed by atoms with Gasteiger partial charge in [0.1, 0.15) is 11.3 Å². The van der Waals surface area contributed by atoms with Gasteiger partial charge in [0, 0.05) is 29.7 Å². The summed E-state index contributed by atoms with van der Waals surface area (Å²) in [5.74, 6) is -0.313. The van der Waals surface area contributed by atoms with Gasteiger partial charge in [-0.25, -0.2) is 13.9 Å². The number of urea groups is 1. The van der Waals surface area contributed by atoms with Gasteiger partial charge in [0.2, 0.25) is 0 Å². The number of anilines is 1. The van der Waals surface area contributed by atoms with E-state index in [0.717, 1.165) is 28.9 Å². The highest BCUT2D eigenvalue weighted by Gasteiger charge is 2.25. The van der Waals surface area contributed by atoms with Crippen LogP contribution >= 0.6 is 11.8 Å². The Morgan fingerprint density at radius 2 is 1.93 bits per heavy atom. The van der Waals surface area contributed by atoms with E-state index in [0.29, 0.717) is 18.6 Å². The van der Waals surface area contributed by atoms with Crippen molar-refractivity contribution >= 4 is 34.5 Å². The molecular weight excluding hydrogens is 365 g/mol. The van der Waals surface area contributed by atoms with Crippen molar-refractivity contribution in [3.63, 3.8) is 0 Å². The molecule has 1 aromatic heterocycles. The minimum Gasteiger partial charge on any atom is -0.324 e. The summed E-state index contributed by atoms with van der Waals surface area (Å²) in [5.41, 5.74) is 2.18. The van der Waals surface area contributed by atoms with E-state index in [4.69, 9.17) is 0 Å². The molecule has 0 saturated carbocycles. The van der Waals surface area contributed by atoms with Crippen LogP contribution in [0, 0.1) is 5.82 Å². The van der Waals surface area contributed by atoms with Gasteiger partial charge in [-0.05, 0) is 55.5 Å². The molecule has 2 aromatic carbocycles. The minimum absolute atomic E-state index is 0.0872. The first-order valence-electron chi connectivity index (χ1n) is 8.84. The number of nitrogens with zero attached hydrogens (tertiary/aromatic N) is 4. The number of nitrogens with one attached hydrogen (secondary N) is 1. The average molecular weight is 385 g/mol. The molecule has 140 valence electrons. The quantitative estimate of drug-likeness (QED) is 0.688. The van der Waals surface area contributed by atoms with Gasteiger partial charge in [-0.2, -0.15) is 0 Å². The van der Waals surface area contributed by atoms with E-state index in [9.17, 15) is 9.18 Å². The van der Waals surface area contributed by atoms with Crippen LogP contribution in [0.1, 0.15) is 18.9 Å². The van der Waals surface area contributed by atoms with Gasteiger partial charge >= 0.3 is 6.03 Å². The summed E-state index contributed by atoms with van der Waals surface area (Å²) in [4.78, 5) is 15.5. The number of piperidine rings is 1. The zero-order valence-electron chi connectivity index (χ0n) is 14.9. The van der Waals surface area contributed by atoms with Crippen LogP contribution in [0.3, 0.4) is 0 Å². The molecule has 0 radical (unpaired) electrons. The Bertz CT molecular complexity index is 950. The molecule has 4 rings (SSSR count). The number of carbonyl (C=O) groups excluding carboxylic acids is 1. The smallest absolute Gasteiger partial charge is 0.321 e. The van der Waals surface area contributed by atoms with Crippen molar-refractivity contribution in [2.75, 3.05) is 24.7 Å². The van der Waals surface area contributed by atoms with Crippen molar-refractivity contribution in [2.24, 2.45) is 0 Å². The van der Waals surface area contributed by atoms with Gasteiger partial charge < -0.3 is 10.2 Å². The number of rotatable bonds is 3. The van der Waals surface area contributed by atoms with Crippen LogP contribution in [0.25, 0.3) is 11.0 Å². The number of hydrogen-bond acceptors (Lipinski definition) is 4. The minimum atomic E-state index is -0.313. The lowest BCUT2D eigenvalue weighted by Gasteiger charge is -2.32. The van der Waals surface area contributed by atoms with Crippen LogP contribution in [-0.4, -0.2) is 45.3 Å². The molecule has 27 heavy (non-hydrogen) atoms.